The number of aromatic nitrogens is 4. The highest BCUT2D eigenvalue weighted by atomic mass is 79.9. The number of esters is 1. The molecule has 188 valence electrons. The molecule has 0 spiro atoms. The Morgan fingerprint density at radius 3 is 2.63 bits per heavy atom. The van der Waals surface area contributed by atoms with Crippen LogP contribution in [0.4, 0.5) is 25.3 Å². The van der Waals surface area contributed by atoms with Crippen LogP contribution in [0.5, 0.6) is 5.75 Å². The van der Waals surface area contributed by atoms with Crippen molar-refractivity contribution in [3.05, 3.63) is 33.9 Å². The Kier molecular flexibility index (Phi) is 8.73. The van der Waals surface area contributed by atoms with Crippen molar-refractivity contribution in [2.24, 2.45) is 0 Å². The van der Waals surface area contributed by atoms with Crippen molar-refractivity contribution < 1.29 is 32.6 Å². The molecule has 0 radical (unpaired) electrons. The van der Waals surface area contributed by atoms with Gasteiger partial charge in [0.05, 0.1) is 26.3 Å². The molecule has 0 fully saturated rings. The van der Waals surface area contributed by atoms with Crippen molar-refractivity contribution in [2.45, 2.75) is 32.9 Å². The average molecular weight is 557 g/mol. The second-order valence-corrected chi connectivity index (χ2v) is 7.88. The number of benzene rings is 1. The predicted molar refractivity (Wildman–Crippen MR) is 126 cm³/mol. The van der Waals surface area contributed by atoms with Crippen molar-refractivity contribution in [1.29, 1.82) is 0 Å². The fourth-order valence-corrected chi connectivity index (χ4v) is 3.63. The molecule has 2 N–H and O–H groups in total. The van der Waals surface area contributed by atoms with E-state index in [9.17, 15) is 18.4 Å². The number of hydrogen-bond donors (Lipinski definition) is 2. The highest BCUT2D eigenvalue weighted by Crippen LogP contribution is 2.31. The molecule has 0 saturated heterocycles. The molecule has 3 aromatic rings. The SMILES string of the molecule is CCCCNc1nc(NC(=O)OC)nc2c(Br)nn(Cc3ccc(C(=O)OC)cc3OC(F)F)c12. The Bertz CT molecular complexity index is 1220. The van der Waals surface area contributed by atoms with E-state index in [-0.39, 0.29) is 23.8 Å². The number of carbonyl (C=O) groups is 2. The number of halogens is 3. The first-order valence-corrected chi connectivity index (χ1v) is 11.3. The lowest BCUT2D eigenvalue weighted by Crippen LogP contribution is -2.15. The largest absolute Gasteiger partial charge is 0.465 e. The molecule has 2 heterocycles. The van der Waals surface area contributed by atoms with Crippen LogP contribution in [-0.4, -0.2) is 59.2 Å². The van der Waals surface area contributed by atoms with Crippen LogP contribution in [0.15, 0.2) is 22.8 Å². The second kappa shape index (κ2) is 11.7. The first-order chi connectivity index (χ1) is 16.8. The number of hydrogen-bond acceptors (Lipinski definition) is 9. The maximum absolute atomic E-state index is 13.1. The summed E-state index contributed by atoms with van der Waals surface area (Å²) < 4.78 is 41.9. The van der Waals surface area contributed by atoms with Crippen LogP contribution < -0.4 is 15.4 Å². The Morgan fingerprint density at radius 1 is 1.20 bits per heavy atom. The van der Waals surface area contributed by atoms with Gasteiger partial charge in [-0.3, -0.25) is 10.00 Å². The Labute approximate surface area is 207 Å². The minimum absolute atomic E-state index is 0.00671. The van der Waals surface area contributed by atoms with Crippen LogP contribution in [0.3, 0.4) is 0 Å². The zero-order valence-electron chi connectivity index (χ0n) is 19.1. The first kappa shape index (κ1) is 26.1. The fourth-order valence-electron chi connectivity index (χ4n) is 3.16. The number of amides is 1. The van der Waals surface area contributed by atoms with Gasteiger partial charge in [-0.05, 0) is 34.5 Å². The number of carbonyl (C=O) groups excluding carboxylic acids is 2. The number of alkyl halides is 2. The van der Waals surface area contributed by atoms with Gasteiger partial charge < -0.3 is 19.5 Å². The molecule has 14 heteroatoms. The topological polar surface area (TPSA) is 129 Å². The molecular formula is C21H23BrF2N6O5. The molecule has 0 bridgehead atoms. The quantitative estimate of drug-likeness (QED) is 0.275. The van der Waals surface area contributed by atoms with Gasteiger partial charge in [0, 0.05) is 12.1 Å². The molecule has 0 saturated carbocycles. The van der Waals surface area contributed by atoms with Gasteiger partial charge in [-0.15, -0.1) is 0 Å². The molecule has 1 amide bonds. The normalized spacial score (nSPS) is 10.9. The summed E-state index contributed by atoms with van der Waals surface area (Å²) in [6.45, 7) is -0.507. The number of ether oxygens (including phenoxy) is 3. The zero-order valence-corrected chi connectivity index (χ0v) is 20.7. The van der Waals surface area contributed by atoms with Gasteiger partial charge in [0.15, 0.2) is 10.4 Å². The van der Waals surface area contributed by atoms with Crippen LogP contribution >= 0.6 is 15.9 Å². The van der Waals surface area contributed by atoms with E-state index >= 15 is 0 Å². The number of rotatable bonds is 10. The Balaban J connectivity index is 2.08. The highest BCUT2D eigenvalue weighted by Gasteiger charge is 2.21. The standard InChI is InChI=1S/C21H23BrF2N6O5/c1-4-5-8-25-17-15-14(26-20(27-17)28-21(32)34-3)16(22)29-30(15)10-12-7-6-11(18(31)33-2)9-13(12)35-19(23)24/h6-7,9,19H,4-5,8,10H2,1-3H3,(H2,25,26,27,28,32). The van der Waals surface area contributed by atoms with Crippen molar-refractivity contribution in [3.63, 3.8) is 0 Å². The molecule has 1 aromatic carbocycles. The van der Waals surface area contributed by atoms with Gasteiger partial charge in [-0.2, -0.15) is 18.9 Å². The van der Waals surface area contributed by atoms with E-state index in [1.807, 2.05) is 6.92 Å². The second-order valence-electron chi connectivity index (χ2n) is 7.13. The summed E-state index contributed by atoms with van der Waals surface area (Å²) in [5.41, 5.74) is 1.21. The third kappa shape index (κ3) is 6.32. The summed E-state index contributed by atoms with van der Waals surface area (Å²) in [5.74, 6) is -0.527. The van der Waals surface area contributed by atoms with Gasteiger partial charge in [0.2, 0.25) is 5.95 Å². The molecule has 0 unspecified atom stereocenters. The van der Waals surface area contributed by atoms with Crippen LogP contribution in [0.25, 0.3) is 11.0 Å². The maximum atomic E-state index is 13.1. The lowest BCUT2D eigenvalue weighted by molar-refractivity contribution is -0.0505. The minimum Gasteiger partial charge on any atom is -0.465 e. The predicted octanol–water partition coefficient (Wildman–Crippen LogP) is 4.42. The summed E-state index contributed by atoms with van der Waals surface area (Å²) in [7, 11) is 2.40. The molecule has 2 aromatic heterocycles. The van der Waals surface area contributed by atoms with Crippen LogP contribution in [-0.2, 0) is 16.0 Å². The maximum Gasteiger partial charge on any atom is 0.413 e. The third-order valence-corrected chi connectivity index (χ3v) is 5.33. The molecule has 35 heavy (non-hydrogen) atoms. The molecule has 3 rings (SSSR count). The first-order valence-electron chi connectivity index (χ1n) is 10.5. The van der Waals surface area contributed by atoms with Crippen molar-refractivity contribution in [1.82, 2.24) is 19.7 Å². The number of fused-ring (bicyclic) bond motifs is 1. The van der Waals surface area contributed by atoms with Gasteiger partial charge in [0.1, 0.15) is 16.8 Å². The van der Waals surface area contributed by atoms with E-state index in [0.717, 1.165) is 12.8 Å². The molecular weight excluding hydrogens is 534 g/mol. The lowest BCUT2D eigenvalue weighted by atomic mass is 10.1. The Hall–Kier alpha value is -3.55. The summed E-state index contributed by atoms with van der Waals surface area (Å²) in [6, 6.07) is 4.10. The number of methoxy groups -OCH3 is 2. The smallest absolute Gasteiger partial charge is 0.413 e. The van der Waals surface area contributed by atoms with Crippen molar-refractivity contribution in [3.8, 4) is 5.75 Å². The van der Waals surface area contributed by atoms with Crippen molar-refractivity contribution >= 4 is 50.8 Å². The van der Waals surface area contributed by atoms with Gasteiger partial charge in [0.25, 0.3) is 0 Å². The number of unbranched alkanes of at least 4 members (excludes halogenated alkanes) is 1. The molecule has 0 aliphatic rings. The van der Waals surface area contributed by atoms with Crippen LogP contribution in [0.2, 0.25) is 0 Å². The summed E-state index contributed by atoms with van der Waals surface area (Å²) in [4.78, 5) is 32.2. The number of nitrogens with one attached hydrogen (secondary N) is 2. The Morgan fingerprint density at radius 2 is 1.97 bits per heavy atom. The highest BCUT2D eigenvalue weighted by molar-refractivity contribution is 9.10. The third-order valence-electron chi connectivity index (χ3n) is 4.79. The number of anilines is 2. The van der Waals surface area contributed by atoms with E-state index in [1.54, 1.807) is 0 Å². The number of nitrogens with zero attached hydrogens (tertiary/aromatic N) is 4. The van der Waals surface area contributed by atoms with Gasteiger partial charge in [-0.25, -0.2) is 14.6 Å². The molecule has 0 aliphatic heterocycles. The fraction of sp³-hybridized carbons (Fsp3) is 0.381. The van der Waals surface area contributed by atoms with E-state index in [4.69, 9.17) is 0 Å². The van der Waals surface area contributed by atoms with Crippen LogP contribution in [0, 0.1) is 0 Å². The lowest BCUT2D eigenvalue weighted by Gasteiger charge is -2.14. The van der Waals surface area contributed by atoms with E-state index in [1.165, 1.54) is 37.1 Å². The van der Waals surface area contributed by atoms with Gasteiger partial charge in [-0.1, -0.05) is 19.4 Å². The van der Waals surface area contributed by atoms with E-state index in [2.05, 4.69) is 55.8 Å². The van der Waals surface area contributed by atoms with Crippen LogP contribution in [0.1, 0.15) is 35.7 Å². The summed E-state index contributed by atoms with van der Waals surface area (Å²) in [6.07, 6.45) is 1.03. The van der Waals surface area contributed by atoms with E-state index < -0.39 is 18.7 Å². The average Bonchev–Trinajstić information content (AvgIpc) is 3.14. The zero-order chi connectivity index (χ0) is 25.5. The van der Waals surface area contributed by atoms with Crippen molar-refractivity contribution in [2.75, 3.05) is 31.4 Å². The van der Waals surface area contributed by atoms with Gasteiger partial charge >= 0.3 is 18.7 Å². The molecule has 0 aliphatic carbocycles. The van der Waals surface area contributed by atoms with E-state index in [0.29, 0.717) is 33.6 Å². The molecule has 11 nitrogen and oxygen atoms in total. The monoisotopic (exact) mass is 556 g/mol. The summed E-state index contributed by atoms with van der Waals surface area (Å²) >= 11 is 3.36. The molecule has 0 atom stereocenters. The summed E-state index contributed by atoms with van der Waals surface area (Å²) in [5, 5.41) is 10.0. The minimum atomic E-state index is -3.11.